The standard InChI is InChI=1S/C11H25N3/c1-10(12)9-13-5-7-14(8-6-13)11(2,3)4/h10H,5-9,12H2,1-4H3/t10-/m1/s1. The largest absolute Gasteiger partial charge is 0.327 e. The van der Waals surface area contributed by atoms with E-state index in [4.69, 9.17) is 5.73 Å². The molecular formula is C11H25N3. The number of piperazine rings is 1. The fourth-order valence-corrected chi connectivity index (χ4v) is 2.01. The first-order chi connectivity index (χ1) is 6.39. The third kappa shape index (κ3) is 3.56. The normalized spacial score (nSPS) is 23.8. The Balaban J connectivity index is 2.31. The zero-order valence-electron chi connectivity index (χ0n) is 10.1. The van der Waals surface area contributed by atoms with Crippen LogP contribution in [0, 0.1) is 0 Å². The molecular weight excluding hydrogens is 174 g/mol. The Labute approximate surface area is 88.2 Å². The number of hydrogen-bond donors (Lipinski definition) is 1. The van der Waals surface area contributed by atoms with Crippen LogP contribution >= 0.6 is 0 Å². The summed E-state index contributed by atoms with van der Waals surface area (Å²) in [6, 6.07) is 0.302. The maximum Gasteiger partial charge on any atom is 0.0139 e. The fourth-order valence-electron chi connectivity index (χ4n) is 2.01. The Bertz CT molecular complexity index is 164. The molecule has 0 aliphatic carbocycles. The van der Waals surface area contributed by atoms with E-state index in [2.05, 4.69) is 37.5 Å². The van der Waals surface area contributed by atoms with Crippen molar-refractivity contribution in [1.29, 1.82) is 0 Å². The lowest BCUT2D eigenvalue weighted by Crippen LogP contribution is -2.54. The summed E-state index contributed by atoms with van der Waals surface area (Å²) in [7, 11) is 0. The van der Waals surface area contributed by atoms with Crippen molar-refractivity contribution in [3.63, 3.8) is 0 Å². The first-order valence-electron chi connectivity index (χ1n) is 5.62. The molecule has 0 radical (unpaired) electrons. The summed E-state index contributed by atoms with van der Waals surface area (Å²) in [5.41, 5.74) is 6.11. The van der Waals surface area contributed by atoms with Crippen LogP contribution in [0.15, 0.2) is 0 Å². The zero-order chi connectivity index (χ0) is 10.8. The van der Waals surface area contributed by atoms with Crippen LogP contribution in [-0.2, 0) is 0 Å². The van der Waals surface area contributed by atoms with Crippen molar-refractivity contribution in [2.24, 2.45) is 5.73 Å². The third-order valence-electron chi connectivity index (χ3n) is 2.87. The van der Waals surface area contributed by atoms with Crippen molar-refractivity contribution in [3.8, 4) is 0 Å². The van der Waals surface area contributed by atoms with Crippen LogP contribution in [0.5, 0.6) is 0 Å². The zero-order valence-corrected chi connectivity index (χ0v) is 10.1. The van der Waals surface area contributed by atoms with Crippen LogP contribution in [0.3, 0.4) is 0 Å². The molecule has 0 saturated carbocycles. The van der Waals surface area contributed by atoms with Gasteiger partial charge in [-0.2, -0.15) is 0 Å². The topological polar surface area (TPSA) is 32.5 Å². The van der Waals surface area contributed by atoms with Gasteiger partial charge < -0.3 is 5.73 Å². The molecule has 1 aliphatic rings. The van der Waals surface area contributed by atoms with Gasteiger partial charge in [-0.15, -0.1) is 0 Å². The molecule has 3 nitrogen and oxygen atoms in total. The third-order valence-corrected chi connectivity index (χ3v) is 2.87. The van der Waals surface area contributed by atoms with E-state index in [1.54, 1.807) is 0 Å². The van der Waals surface area contributed by atoms with Crippen molar-refractivity contribution in [2.75, 3.05) is 32.7 Å². The van der Waals surface area contributed by atoms with Crippen molar-refractivity contribution >= 4 is 0 Å². The van der Waals surface area contributed by atoms with Crippen molar-refractivity contribution < 1.29 is 0 Å². The molecule has 1 rings (SSSR count). The van der Waals surface area contributed by atoms with E-state index >= 15 is 0 Å². The molecule has 3 heteroatoms. The monoisotopic (exact) mass is 199 g/mol. The van der Waals surface area contributed by atoms with Crippen LogP contribution in [0.25, 0.3) is 0 Å². The van der Waals surface area contributed by atoms with Gasteiger partial charge in [0.2, 0.25) is 0 Å². The molecule has 0 aromatic carbocycles. The first kappa shape index (κ1) is 12.0. The summed E-state index contributed by atoms with van der Waals surface area (Å²) in [5, 5.41) is 0. The highest BCUT2D eigenvalue weighted by Gasteiger charge is 2.25. The van der Waals surface area contributed by atoms with E-state index in [0.717, 1.165) is 6.54 Å². The Kier molecular flexibility index (Phi) is 3.93. The first-order valence-corrected chi connectivity index (χ1v) is 5.62. The average molecular weight is 199 g/mol. The summed E-state index contributed by atoms with van der Waals surface area (Å²) in [6.45, 7) is 14.7. The van der Waals surface area contributed by atoms with E-state index in [-0.39, 0.29) is 0 Å². The van der Waals surface area contributed by atoms with Crippen molar-refractivity contribution in [2.45, 2.75) is 39.3 Å². The molecule has 0 bridgehead atoms. The van der Waals surface area contributed by atoms with Gasteiger partial charge in [0, 0.05) is 44.3 Å². The van der Waals surface area contributed by atoms with Gasteiger partial charge in [-0.1, -0.05) is 0 Å². The molecule has 1 heterocycles. The summed E-state index contributed by atoms with van der Waals surface area (Å²) in [6.07, 6.45) is 0. The van der Waals surface area contributed by atoms with Crippen LogP contribution in [0.2, 0.25) is 0 Å². The average Bonchev–Trinajstić information content (AvgIpc) is 2.02. The van der Waals surface area contributed by atoms with E-state index < -0.39 is 0 Å². The summed E-state index contributed by atoms with van der Waals surface area (Å²) < 4.78 is 0. The van der Waals surface area contributed by atoms with Gasteiger partial charge in [-0.3, -0.25) is 9.80 Å². The lowest BCUT2D eigenvalue weighted by molar-refractivity contribution is 0.0606. The Hall–Kier alpha value is -0.120. The van der Waals surface area contributed by atoms with Gasteiger partial charge in [-0.25, -0.2) is 0 Å². The molecule has 0 spiro atoms. The van der Waals surface area contributed by atoms with Gasteiger partial charge >= 0.3 is 0 Å². The highest BCUT2D eigenvalue weighted by Crippen LogP contribution is 2.15. The molecule has 14 heavy (non-hydrogen) atoms. The SMILES string of the molecule is C[C@@H](N)CN1CCN(C(C)(C)C)CC1. The van der Waals surface area contributed by atoms with Crippen LogP contribution in [-0.4, -0.2) is 54.1 Å². The van der Waals surface area contributed by atoms with Crippen molar-refractivity contribution in [3.05, 3.63) is 0 Å². The number of rotatable bonds is 2. The van der Waals surface area contributed by atoms with Gasteiger partial charge in [0.1, 0.15) is 0 Å². The van der Waals surface area contributed by atoms with Crippen LogP contribution in [0.4, 0.5) is 0 Å². The molecule has 0 aromatic rings. The minimum atomic E-state index is 0.302. The predicted molar refractivity (Wildman–Crippen MR) is 61.4 cm³/mol. The molecule has 1 atom stereocenters. The summed E-state index contributed by atoms with van der Waals surface area (Å²) in [4.78, 5) is 5.01. The second-order valence-corrected chi connectivity index (χ2v) is 5.44. The number of hydrogen-bond acceptors (Lipinski definition) is 3. The predicted octanol–water partition coefficient (Wildman–Crippen LogP) is 0.750. The second kappa shape index (κ2) is 4.60. The highest BCUT2D eigenvalue weighted by molar-refractivity contribution is 4.82. The second-order valence-electron chi connectivity index (χ2n) is 5.44. The van der Waals surface area contributed by atoms with Crippen LogP contribution in [0.1, 0.15) is 27.7 Å². The minimum Gasteiger partial charge on any atom is -0.327 e. The summed E-state index contributed by atoms with van der Waals surface area (Å²) in [5.74, 6) is 0. The smallest absolute Gasteiger partial charge is 0.0139 e. The van der Waals surface area contributed by atoms with Gasteiger partial charge in [0.15, 0.2) is 0 Å². The van der Waals surface area contributed by atoms with Crippen LogP contribution < -0.4 is 5.73 Å². The number of nitrogens with two attached hydrogens (primary N) is 1. The molecule has 1 fully saturated rings. The molecule has 1 saturated heterocycles. The lowest BCUT2D eigenvalue weighted by atomic mass is 10.0. The Morgan fingerprint density at radius 2 is 1.64 bits per heavy atom. The van der Waals surface area contributed by atoms with Crippen molar-refractivity contribution in [1.82, 2.24) is 9.80 Å². The van der Waals surface area contributed by atoms with E-state index in [1.807, 2.05) is 0 Å². The molecule has 0 aromatic heterocycles. The van der Waals surface area contributed by atoms with Gasteiger partial charge in [0.25, 0.3) is 0 Å². The maximum absolute atomic E-state index is 5.79. The molecule has 84 valence electrons. The minimum absolute atomic E-state index is 0.302. The molecule has 0 amide bonds. The van der Waals surface area contributed by atoms with Gasteiger partial charge in [-0.05, 0) is 27.7 Å². The molecule has 2 N–H and O–H groups in total. The highest BCUT2D eigenvalue weighted by atomic mass is 15.3. The Morgan fingerprint density at radius 3 is 2.00 bits per heavy atom. The Morgan fingerprint density at radius 1 is 1.14 bits per heavy atom. The van der Waals surface area contributed by atoms with Gasteiger partial charge in [0.05, 0.1) is 0 Å². The number of nitrogens with zero attached hydrogens (tertiary/aromatic N) is 2. The van der Waals surface area contributed by atoms with E-state index in [1.165, 1.54) is 26.2 Å². The van der Waals surface area contributed by atoms with E-state index in [0.29, 0.717) is 11.6 Å². The maximum atomic E-state index is 5.79. The summed E-state index contributed by atoms with van der Waals surface area (Å²) >= 11 is 0. The quantitative estimate of drug-likeness (QED) is 0.712. The molecule has 1 aliphatic heterocycles. The lowest BCUT2D eigenvalue weighted by Gasteiger charge is -2.42. The van der Waals surface area contributed by atoms with E-state index in [9.17, 15) is 0 Å². The fraction of sp³-hybridized carbons (Fsp3) is 1.00. The molecule has 0 unspecified atom stereocenters.